The Balaban J connectivity index is 4.06. The molecule has 0 aliphatic heterocycles. The molecule has 0 rings (SSSR count). The van der Waals surface area contributed by atoms with E-state index in [2.05, 4.69) is 13.8 Å². The Morgan fingerprint density at radius 3 is 1.31 bits per heavy atom. The van der Waals surface area contributed by atoms with Crippen LogP contribution in [0.5, 0.6) is 0 Å². The molecule has 2 atom stereocenters. The maximum absolute atomic E-state index is 12.7. The topological polar surface area (TPSA) is 94.8 Å². The third-order valence-corrected chi connectivity index (χ3v) is 7.23. The Bertz CT molecular complexity index is 507. The van der Waals surface area contributed by atoms with Crippen molar-refractivity contribution < 1.29 is 24.9 Å². The summed E-state index contributed by atoms with van der Waals surface area (Å²) >= 11 is 0. The summed E-state index contributed by atoms with van der Waals surface area (Å²) in [5.74, 6) is -1.91. The number of unbranched alkanes of at least 4 members (excludes halogenated alkanes) is 19. The number of carboxylic acid groups (broad SMARTS) is 1. The van der Waals surface area contributed by atoms with Crippen LogP contribution in [0.2, 0.25) is 0 Å². The molecule has 2 unspecified atom stereocenters. The lowest BCUT2D eigenvalue weighted by molar-refractivity contribution is -0.157. The lowest BCUT2D eigenvalue weighted by atomic mass is 9.84. The van der Waals surface area contributed by atoms with Crippen molar-refractivity contribution in [2.75, 3.05) is 0 Å². The molecule has 0 aliphatic carbocycles. The molecule has 0 amide bonds. The number of carboxylic acids is 1. The van der Waals surface area contributed by atoms with Gasteiger partial charge in [0.2, 0.25) is 0 Å². The number of carbonyl (C=O) groups is 2. The largest absolute Gasteiger partial charge is 0.481 e. The molecule has 0 spiro atoms. The smallest absolute Gasteiger partial charge is 0.306 e. The SMILES string of the molecule is CCCCCCCCCCCCCCC(O)C(=O)C(O)(CCCCCCCCCCC)CC(=O)O. The summed E-state index contributed by atoms with van der Waals surface area (Å²) in [5.41, 5.74) is -1.95. The summed E-state index contributed by atoms with van der Waals surface area (Å²) in [5, 5.41) is 30.4. The van der Waals surface area contributed by atoms with Gasteiger partial charge in [0.15, 0.2) is 5.78 Å². The van der Waals surface area contributed by atoms with E-state index >= 15 is 0 Å². The zero-order chi connectivity index (χ0) is 26.2. The molecule has 0 aromatic carbocycles. The third-order valence-electron chi connectivity index (χ3n) is 7.23. The van der Waals surface area contributed by atoms with Crippen LogP contribution in [0.3, 0.4) is 0 Å². The molecule has 0 aliphatic rings. The van der Waals surface area contributed by atoms with Gasteiger partial charge < -0.3 is 15.3 Å². The molecule has 0 fully saturated rings. The van der Waals surface area contributed by atoms with E-state index in [4.69, 9.17) is 0 Å². The summed E-state index contributed by atoms with van der Waals surface area (Å²) in [6, 6.07) is 0. The van der Waals surface area contributed by atoms with Crippen LogP contribution in [0.25, 0.3) is 0 Å². The highest BCUT2D eigenvalue weighted by Crippen LogP contribution is 2.25. The summed E-state index contributed by atoms with van der Waals surface area (Å²) < 4.78 is 0. The lowest BCUT2D eigenvalue weighted by Crippen LogP contribution is -2.46. The molecule has 5 nitrogen and oxygen atoms in total. The molecule has 0 saturated heterocycles. The minimum Gasteiger partial charge on any atom is -0.481 e. The number of aliphatic carboxylic acids is 1. The summed E-state index contributed by atoms with van der Waals surface area (Å²) in [7, 11) is 0. The molecular weight excluding hydrogens is 440 g/mol. The van der Waals surface area contributed by atoms with Crippen molar-refractivity contribution in [3.63, 3.8) is 0 Å². The predicted molar refractivity (Wildman–Crippen MR) is 146 cm³/mol. The van der Waals surface area contributed by atoms with Crippen LogP contribution in [0, 0.1) is 0 Å². The average molecular weight is 499 g/mol. The molecule has 0 aromatic heterocycles. The first kappa shape index (κ1) is 34.1. The van der Waals surface area contributed by atoms with E-state index < -0.39 is 29.9 Å². The molecular formula is C30H58O5. The van der Waals surface area contributed by atoms with Gasteiger partial charge in [-0.15, -0.1) is 0 Å². The van der Waals surface area contributed by atoms with Gasteiger partial charge in [0, 0.05) is 0 Å². The first-order valence-corrected chi connectivity index (χ1v) is 15.0. The number of rotatable bonds is 27. The highest BCUT2D eigenvalue weighted by Gasteiger charge is 2.40. The zero-order valence-corrected chi connectivity index (χ0v) is 23.2. The Hall–Kier alpha value is -0.940. The second-order valence-corrected chi connectivity index (χ2v) is 10.7. The van der Waals surface area contributed by atoms with Crippen molar-refractivity contribution in [1.29, 1.82) is 0 Å². The molecule has 0 saturated carbocycles. The second kappa shape index (κ2) is 23.5. The van der Waals surface area contributed by atoms with E-state index in [1.165, 1.54) is 89.9 Å². The van der Waals surface area contributed by atoms with Gasteiger partial charge in [0.05, 0.1) is 6.42 Å². The van der Waals surface area contributed by atoms with Crippen molar-refractivity contribution >= 4 is 11.8 Å². The van der Waals surface area contributed by atoms with Gasteiger partial charge in [-0.05, 0) is 12.8 Å². The van der Waals surface area contributed by atoms with Crippen LogP contribution in [-0.4, -0.2) is 38.8 Å². The maximum atomic E-state index is 12.7. The van der Waals surface area contributed by atoms with Crippen LogP contribution < -0.4 is 0 Å². The Morgan fingerprint density at radius 1 is 0.600 bits per heavy atom. The maximum Gasteiger partial charge on any atom is 0.306 e. The third kappa shape index (κ3) is 19.9. The fourth-order valence-corrected chi connectivity index (χ4v) is 4.90. The van der Waals surface area contributed by atoms with Gasteiger partial charge in [-0.25, -0.2) is 0 Å². The van der Waals surface area contributed by atoms with E-state index in [1.807, 2.05) is 0 Å². The Labute approximate surface area is 216 Å². The molecule has 3 N–H and O–H groups in total. The van der Waals surface area contributed by atoms with Crippen LogP contribution in [0.15, 0.2) is 0 Å². The quantitative estimate of drug-likeness (QED) is 0.0993. The normalized spacial score (nSPS) is 14.1. The van der Waals surface area contributed by atoms with Gasteiger partial charge in [0.25, 0.3) is 0 Å². The first-order chi connectivity index (χ1) is 16.9. The van der Waals surface area contributed by atoms with E-state index in [0.29, 0.717) is 12.8 Å². The number of aliphatic hydroxyl groups is 2. The monoisotopic (exact) mass is 498 g/mol. The van der Waals surface area contributed by atoms with Gasteiger partial charge in [0.1, 0.15) is 11.7 Å². The predicted octanol–water partition coefficient (Wildman–Crippen LogP) is 8.13. The molecule has 0 radical (unpaired) electrons. The molecule has 35 heavy (non-hydrogen) atoms. The van der Waals surface area contributed by atoms with Gasteiger partial charge >= 0.3 is 5.97 Å². The standard InChI is InChI=1S/C30H58O5/c1-3-5-7-9-11-13-14-15-16-18-20-22-24-27(31)29(34)30(35,26-28(32)33)25-23-21-19-17-12-10-8-6-4-2/h27,31,35H,3-26H2,1-2H3,(H,32,33). The van der Waals surface area contributed by atoms with E-state index in [0.717, 1.165) is 38.5 Å². The number of carbonyl (C=O) groups excluding carboxylic acids is 1. The lowest BCUT2D eigenvalue weighted by Gasteiger charge is -2.27. The summed E-state index contributed by atoms with van der Waals surface area (Å²) in [4.78, 5) is 24.0. The average Bonchev–Trinajstić information content (AvgIpc) is 2.82. The minimum absolute atomic E-state index is 0.115. The van der Waals surface area contributed by atoms with Crippen LogP contribution in [0.4, 0.5) is 0 Å². The highest BCUT2D eigenvalue weighted by atomic mass is 16.4. The molecule has 208 valence electrons. The van der Waals surface area contributed by atoms with Crippen LogP contribution in [-0.2, 0) is 9.59 Å². The number of ketones is 1. The number of hydrogen-bond donors (Lipinski definition) is 3. The molecule has 0 heterocycles. The molecule has 5 heteroatoms. The second-order valence-electron chi connectivity index (χ2n) is 10.7. The van der Waals surface area contributed by atoms with Crippen LogP contribution >= 0.6 is 0 Å². The highest BCUT2D eigenvalue weighted by molar-refractivity contribution is 5.93. The summed E-state index contributed by atoms with van der Waals surface area (Å²) in [6.45, 7) is 4.44. The van der Waals surface area contributed by atoms with E-state index in [-0.39, 0.29) is 6.42 Å². The number of aliphatic hydroxyl groups excluding tert-OH is 1. The fraction of sp³-hybridized carbons (Fsp3) is 0.933. The van der Waals surface area contributed by atoms with Crippen LogP contribution in [0.1, 0.15) is 168 Å². The minimum atomic E-state index is -1.95. The first-order valence-electron chi connectivity index (χ1n) is 15.0. The fourth-order valence-electron chi connectivity index (χ4n) is 4.90. The summed E-state index contributed by atoms with van der Waals surface area (Å²) in [6.07, 6.45) is 22.9. The molecule has 0 aromatic rings. The molecule has 0 bridgehead atoms. The Morgan fingerprint density at radius 2 is 0.943 bits per heavy atom. The Kier molecular flexibility index (Phi) is 22.8. The van der Waals surface area contributed by atoms with Gasteiger partial charge in [-0.2, -0.15) is 0 Å². The van der Waals surface area contributed by atoms with E-state index in [1.54, 1.807) is 0 Å². The van der Waals surface area contributed by atoms with Crippen molar-refractivity contribution in [3.8, 4) is 0 Å². The van der Waals surface area contributed by atoms with Gasteiger partial charge in [-0.3, -0.25) is 9.59 Å². The van der Waals surface area contributed by atoms with Crippen molar-refractivity contribution in [1.82, 2.24) is 0 Å². The van der Waals surface area contributed by atoms with Gasteiger partial charge in [-0.1, -0.05) is 149 Å². The van der Waals surface area contributed by atoms with Crippen molar-refractivity contribution in [2.45, 2.75) is 180 Å². The van der Waals surface area contributed by atoms with E-state index in [9.17, 15) is 24.9 Å². The number of hydrogen-bond acceptors (Lipinski definition) is 4. The zero-order valence-electron chi connectivity index (χ0n) is 23.2. The number of Topliss-reactive ketones (excluding diaryl/α,β-unsaturated/α-hetero) is 1. The van der Waals surface area contributed by atoms with Crippen molar-refractivity contribution in [2.24, 2.45) is 0 Å². The van der Waals surface area contributed by atoms with Crippen molar-refractivity contribution in [3.05, 3.63) is 0 Å².